The minimum Gasteiger partial charge on any atom is -0.345 e. The molecule has 102 valence electrons. The van der Waals surface area contributed by atoms with Crippen LogP contribution in [0.2, 0.25) is 0 Å². The van der Waals surface area contributed by atoms with Crippen LogP contribution in [0.5, 0.6) is 0 Å². The van der Waals surface area contributed by atoms with Gasteiger partial charge in [0.2, 0.25) is 11.8 Å². The van der Waals surface area contributed by atoms with E-state index in [1.807, 2.05) is 0 Å². The number of hydrogen-bond acceptors (Lipinski definition) is 6. The van der Waals surface area contributed by atoms with Gasteiger partial charge in [0.1, 0.15) is 11.9 Å². The summed E-state index contributed by atoms with van der Waals surface area (Å²) in [5, 5.41) is 5.11. The Morgan fingerprint density at radius 3 is 2.84 bits per heavy atom. The molecular formula is C11H14N4O3S. The summed E-state index contributed by atoms with van der Waals surface area (Å²) in [5.74, 6) is 0.0685. The van der Waals surface area contributed by atoms with Crippen molar-refractivity contribution in [3.05, 3.63) is 29.3 Å². The van der Waals surface area contributed by atoms with Crippen LogP contribution in [0.4, 0.5) is 5.82 Å². The second-order valence-corrected chi connectivity index (χ2v) is 4.47. The highest BCUT2D eigenvalue weighted by molar-refractivity contribution is 7.97. The summed E-state index contributed by atoms with van der Waals surface area (Å²) >= 11 is 0.810. The molecule has 1 aromatic heterocycles. The number of aromatic nitrogens is 1. The van der Waals surface area contributed by atoms with Gasteiger partial charge >= 0.3 is 0 Å². The first-order valence-electron chi connectivity index (χ1n) is 5.57. The molecule has 7 nitrogen and oxygen atoms in total. The molecule has 2 amide bonds. The normalized spacial score (nSPS) is 11.4. The first kappa shape index (κ1) is 15.1. The fraction of sp³-hybridized carbons (Fsp3) is 0.364. The van der Waals surface area contributed by atoms with Crippen molar-refractivity contribution in [3.63, 3.8) is 0 Å². The Hall–Kier alpha value is -1.96. The second-order valence-electron chi connectivity index (χ2n) is 3.65. The fourth-order valence-corrected chi connectivity index (χ4v) is 1.79. The number of nitrogens with one attached hydrogen (secondary N) is 2. The molecule has 1 atom stereocenters. The largest absolute Gasteiger partial charge is 0.345 e. The topological polar surface area (TPSA) is 101 Å². The Labute approximate surface area is 114 Å². The Morgan fingerprint density at radius 1 is 1.47 bits per heavy atom. The average molecular weight is 282 g/mol. The van der Waals surface area contributed by atoms with E-state index < -0.39 is 6.04 Å². The number of nitroso groups, excluding NO2 is 1. The molecule has 0 spiro atoms. The van der Waals surface area contributed by atoms with Crippen LogP contribution in [0, 0.1) is 4.91 Å². The van der Waals surface area contributed by atoms with Crippen LogP contribution >= 0.6 is 11.9 Å². The van der Waals surface area contributed by atoms with Crippen molar-refractivity contribution in [2.24, 2.45) is 4.58 Å². The molecule has 0 radical (unpaired) electrons. The molecule has 0 fully saturated rings. The quantitative estimate of drug-likeness (QED) is 0.446. The number of anilines is 1. The third-order valence-corrected chi connectivity index (χ3v) is 2.68. The average Bonchev–Trinajstić information content (AvgIpc) is 2.38. The molecule has 1 heterocycles. The molecule has 0 aliphatic heterocycles. The van der Waals surface area contributed by atoms with Gasteiger partial charge in [-0.2, -0.15) is 0 Å². The molecule has 8 heteroatoms. The van der Waals surface area contributed by atoms with Gasteiger partial charge in [0, 0.05) is 35.4 Å². The minimum absolute atomic E-state index is 0.314. The van der Waals surface area contributed by atoms with Gasteiger partial charge in [0.25, 0.3) is 0 Å². The Morgan fingerprint density at radius 2 is 2.26 bits per heavy atom. The van der Waals surface area contributed by atoms with Gasteiger partial charge in [0.05, 0.1) is 0 Å². The maximum absolute atomic E-state index is 12.0. The lowest BCUT2D eigenvalue weighted by atomic mass is 10.2. The third-order valence-electron chi connectivity index (χ3n) is 2.16. The number of pyridine rings is 1. The molecule has 0 aliphatic carbocycles. The molecule has 1 aromatic rings. The first-order chi connectivity index (χ1) is 9.13. The van der Waals surface area contributed by atoms with E-state index in [9.17, 15) is 14.5 Å². The molecule has 19 heavy (non-hydrogen) atoms. The third kappa shape index (κ3) is 5.96. The van der Waals surface area contributed by atoms with Crippen molar-refractivity contribution >= 4 is 29.6 Å². The lowest BCUT2D eigenvalue weighted by Gasteiger charge is -2.16. The number of nitrogens with zero attached hydrogens (tertiary/aromatic N) is 2. The van der Waals surface area contributed by atoms with E-state index in [1.54, 1.807) is 24.4 Å². The summed E-state index contributed by atoms with van der Waals surface area (Å²) in [6, 6.07) is 4.40. The highest BCUT2D eigenvalue weighted by Gasteiger charge is 2.19. The highest BCUT2D eigenvalue weighted by atomic mass is 32.2. The summed E-state index contributed by atoms with van der Waals surface area (Å²) in [7, 11) is 0. The molecule has 1 rings (SSSR count). The SMILES string of the molecule is CC(=O)NC(CCSN=O)C(=O)Nc1ccccn1. The Balaban J connectivity index is 2.59. The number of amides is 2. The predicted octanol–water partition coefficient (Wildman–Crippen LogP) is 1.33. The van der Waals surface area contributed by atoms with Crippen LogP contribution in [0.15, 0.2) is 29.0 Å². The molecule has 2 N–H and O–H groups in total. The van der Waals surface area contributed by atoms with Crippen LogP contribution in [-0.2, 0) is 9.59 Å². The lowest BCUT2D eigenvalue weighted by molar-refractivity contribution is -0.125. The Bertz CT molecular complexity index is 441. The fourth-order valence-electron chi connectivity index (χ4n) is 1.37. The van der Waals surface area contributed by atoms with Crippen molar-refractivity contribution in [3.8, 4) is 0 Å². The van der Waals surface area contributed by atoms with Crippen LogP contribution in [0.25, 0.3) is 0 Å². The van der Waals surface area contributed by atoms with Crippen molar-refractivity contribution in [1.29, 1.82) is 0 Å². The molecule has 0 saturated heterocycles. The smallest absolute Gasteiger partial charge is 0.248 e. The van der Waals surface area contributed by atoms with E-state index in [1.165, 1.54) is 6.92 Å². The molecular weight excluding hydrogens is 268 g/mol. The number of carbonyl (C=O) groups excluding carboxylic acids is 2. The lowest BCUT2D eigenvalue weighted by Crippen LogP contribution is -2.43. The van der Waals surface area contributed by atoms with Gasteiger partial charge in [-0.15, -0.1) is 4.91 Å². The molecule has 0 saturated carbocycles. The van der Waals surface area contributed by atoms with Crippen molar-refractivity contribution in [2.45, 2.75) is 19.4 Å². The van der Waals surface area contributed by atoms with Gasteiger partial charge < -0.3 is 10.6 Å². The van der Waals surface area contributed by atoms with Gasteiger partial charge in [-0.1, -0.05) is 6.07 Å². The first-order valence-corrected chi connectivity index (χ1v) is 6.51. The summed E-state index contributed by atoms with van der Waals surface area (Å²) in [6.45, 7) is 1.33. The standard InChI is InChI=1S/C11H14N4O3S/c1-8(16)13-9(5-7-19-15-18)11(17)14-10-4-2-3-6-12-10/h2-4,6,9H,5,7H2,1H3,(H,13,16)(H,12,14,17). The highest BCUT2D eigenvalue weighted by Crippen LogP contribution is 2.08. The van der Waals surface area contributed by atoms with E-state index in [0.29, 0.717) is 18.0 Å². The minimum atomic E-state index is -0.714. The van der Waals surface area contributed by atoms with Crippen LogP contribution in [0.1, 0.15) is 13.3 Å². The number of rotatable bonds is 7. The molecule has 0 bridgehead atoms. The predicted molar refractivity (Wildman–Crippen MR) is 73.3 cm³/mol. The van der Waals surface area contributed by atoms with Gasteiger partial charge in [-0.25, -0.2) is 4.98 Å². The molecule has 1 unspecified atom stereocenters. The number of carbonyl (C=O) groups is 2. The van der Waals surface area contributed by atoms with Crippen molar-refractivity contribution in [1.82, 2.24) is 10.3 Å². The second kappa shape index (κ2) is 8.20. The van der Waals surface area contributed by atoms with Crippen molar-refractivity contribution < 1.29 is 9.59 Å². The summed E-state index contributed by atoms with van der Waals surface area (Å²) in [6.07, 6.45) is 1.86. The van der Waals surface area contributed by atoms with Gasteiger partial charge in [0.15, 0.2) is 0 Å². The van der Waals surface area contributed by atoms with E-state index in [2.05, 4.69) is 20.2 Å². The number of hydrogen-bond donors (Lipinski definition) is 2. The summed E-state index contributed by atoms with van der Waals surface area (Å²) in [4.78, 5) is 36.9. The summed E-state index contributed by atoms with van der Waals surface area (Å²) in [5.41, 5.74) is 0. The Kier molecular flexibility index (Phi) is 6.51. The zero-order valence-electron chi connectivity index (χ0n) is 10.3. The van der Waals surface area contributed by atoms with Crippen molar-refractivity contribution in [2.75, 3.05) is 11.1 Å². The molecule has 0 aliphatic rings. The van der Waals surface area contributed by atoms with Gasteiger partial charge in [-0.05, 0) is 18.6 Å². The van der Waals surface area contributed by atoms with E-state index in [4.69, 9.17) is 0 Å². The maximum atomic E-state index is 12.0. The summed E-state index contributed by atoms with van der Waals surface area (Å²) < 4.78 is 2.64. The van der Waals surface area contributed by atoms with E-state index in [-0.39, 0.29) is 11.8 Å². The monoisotopic (exact) mass is 282 g/mol. The zero-order chi connectivity index (χ0) is 14.1. The van der Waals surface area contributed by atoms with Crippen LogP contribution < -0.4 is 10.6 Å². The molecule has 0 aromatic carbocycles. The zero-order valence-corrected chi connectivity index (χ0v) is 11.1. The van der Waals surface area contributed by atoms with Crippen LogP contribution in [-0.4, -0.2) is 28.6 Å². The van der Waals surface area contributed by atoms with E-state index >= 15 is 0 Å². The maximum Gasteiger partial charge on any atom is 0.248 e. The van der Waals surface area contributed by atoms with E-state index in [0.717, 1.165) is 11.9 Å². The van der Waals surface area contributed by atoms with Gasteiger partial charge in [-0.3, -0.25) is 9.59 Å². The van der Waals surface area contributed by atoms with Crippen LogP contribution in [0.3, 0.4) is 0 Å².